The third-order valence-electron chi connectivity index (χ3n) is 4.59. The summed E-state index contributed by atoms with van der Waals surface area (Å²) in [6, 6.07) is 5.41. The zero-order valence-electron chi connectivity index (χ0n) is 15.0. The molecule has 0 spiro atoms. The lowest BCUT2D eigenvalue weighted by Crippen LogP contribution is -2.43. The molecule has 0 fully saturated rings. The lowest BCUT2D eigenvalue weighted by Gasteiger charge is -2.36. The van der Waals surface area contributed by atoms with Gasteiger partial charge in [-0.3, -0.25) is 14.2 Å². The number of nitrogens with one attached hydrogen (secondary N) is 1. The lowest BCUT2D eigenvalue weighted by molar-refractivity contribution is 0.492. The van der Waals surface area contributed by atoms with Gasteiger partial charge in [0, 0.05) is 12.1 Å². The van der Waals surface area contributed by atoms with Crippen molar-refractivity contribution in [2.24, 2.45) is 0 Å². The Balaban J connectivity index is 2.63. The van der Waals surface area contributed by atoms with E-state index < -0.39 is 19.4 Å². The Hall–Kier alpha value is -1.82. The fourth-order valence-corrected chi connectivity index (χ4v) is 3.26. The monoisotopic (exact) mass is 334 g/mol. The van der Waals surface area contributed by atoms with Crippen molar-refractivity contribution in [1.82, 2.24) is 9.55 Å². The van der Waals surface area contributed by atoms with Gasteiger partial charge in [-0.25, -0.2) is 0 Å². The fourth-order valence-electron chi connectivity index (χ4n) is 2.23. The van der Waals surface area contributed by atoms with Crippen molar-refractivity contribution in [2.75, 3.05) is 0 Å². The molecule has 0 radical (unpaired) electrons. The predicted molar refractivity (Wildman–Crippen MR) is 97.0 cm³/mol. The molecule has 0 saturated heterocycles. The van der Waals surface area contributed by atoms with Gasteiger partial charge in [0.05, 0.1) is 11.0 Å². The van der Waals surface area contributed by atoms with Crippen LogP contribution in [0.15, 0.2) is 27.8 Å². The Morgan fingerprint density at radius 1 is 1.17 bits per heavy atom. The van der Waals surface area contributed by atoms with Gasteiger partial charge in [0.25, 0.3) is 0 Å². The average Bonchev–Trinajstić information content (AvgIpc) is 2.38. The van der Waals surface area contributed by atoms with Crippen LogP contribution in [0.3, 0.4) is 0 Å². The standard InChI is InChI=1S/C17H26N2O3Si/c1-11(2)19-14-10-12(22-23(6,7)17(3,4)5)8-9-13(14)18-15(20)16(19)21/h8-11H,1-7H3,(H,18,20). The molecule has 1 aromatic heterocycles. The first-order chi connectivity index (χ1) is 10.4. The van der Waals surface area contributed by atoms with Gasteiger partial charge in [0.1, 0.15) is 5.75 Å². The molecule has 126 valence electrons. The van der Waals surface area contributed by atoms with Gasteiger partial charge in [0.15, 0.2) is 0 Å². The highest BCUT2D eigenvalue weighted by molar-refractivity contribution is 6.74. The molecular formula is C17H26N2O3Si. The van der Waals surface area contributed by atoms with Crippen LogP contribution in [-0.2, 0) is 0 Å². The molecule has 0 aliphatic rings. The van der Waals surface area contributed by atoms with Gasteiger partial charge in [-0.05, 0) is 44.1 Å². The minimum Gasteiger partial charge on any atom is -0.543 e. The molecule has 2 aromatic rings. The summed E-state index contributed by atoms with van der Waals surface area (Å²) in [5.41, 5.74) is 0.216. The molecular weight excluding hydrogens is 308 g/mol. The van der Waals surface area contributed by atoms with Crippen LogP contribution in [0.1, 0.15) is 40.7 Å². The van der Waals surface area contributed by atoms with E-state index >= 15 is 0 Å². The first kappa shape index (κ1) is 17.5. The summed E-state index contributed by atoms with van der Waals surface area (Å²) in [6.07, 6.45) is 0. The maximum atomic E-state index is 12.2. The fraction of sp³-hybridized carbons (Fsp3) is 0.529. The first-order valence-electron chi connectivity index (χ1n) is 7.91. The van der Waals surface area contributed by atoms with Crippen molar-refractivity contribution in [1.29, 1.82) is 0 Å². The first-order valence-corrected chi connectivity index (χ1v) is 10.8. The summed E-state index contributed by atoms with van der Waals surface area (Å²) >= 11 is 0. The molecule has 1 heterocycles. The third kappa shape index (κ3) is 3.27. The number of hydrogen-bond donors (Lipinski definition) is 1. The van der Waals surface area contributed by atoms with Crippen LogP contribution in [0.25, 0.3) is 11.0 Å². The number of H-pyrrole nitrogens is 1. The quantitative estimate of drug-likeness (QED) is 0.688. The summed E-state index contributed by atoms with van der Waals surface area (Å²) in [4.78, 5) is 26.6. The smallest absolute Gasteiger partial charge is 0.316 e. The summed E-state index contributed by atoms with van der Waals surface area (Å²) < 4.78 is 7.83. The van der Waals surface area contributed by atoms with Gasteiger partial charge in [0.2, 0.25) is 8.32 Å². The molecule has 0 atom stereocenters. The number of benzene rings is 1. The van der Waals surface area contributed by atoms with Gasteiger partial charge >= 0.3 is 11.1 Å². The Morgan fingerprint density at radius 3 is 2.30 bits per heavy atom. The summed E-state index contributed by atoms with van der Waals surface area (Å²) in [5, 5.41) is 0.0880. The third-order valence-corrected chi connectivity index (χ3v) is 8.94. The summed E-state index contributed by atoms with van der Waals surface area (Å²) in [7, 11) is -1.96. The molecule has 0 bridgehead atoms. The van der Waals surface area contributed by atoms with Crippen LogP contribution in [0.2, 0.25) is 18.1 Å². The molecule has 2 rings (SSSR count). The highest BCUT2D eigenvalue weighted by Gasteiger charge is 2.39. The van der Waals surface area contributed by atoms with Crippen LogP contribution in [0.4, 0.5) is 0 Å². The number of rotatable bonds is 3. The van der Waals surface area contributed by atoms with E-state index in [0.29, 0.717) is 11.0 Å². The molecule has 0 aliphatic carbocycles. The topological polar surface area (TPSA) is 64.1 Å². The Morgan fingerprint density at radius 2 is 1.78 bits per heavy atom. The summed E-state index contributed by atoms with van der Waals surface area (Å²) in [5.74, 6) is 0.741. The van der Waals surface area contributed by atoms with E-state index in [9.17, 15) is 9.59 Å². The highest BCUT2D eigenvalue weighted by atomic mass is 28.4. The number of fused-ring (bicyclic) bond motifs is 1. The largest absolute Gasteiger partial charge is 0.543 e. The van der Waals surface area contributed by atoms with Crippen molar-refractivity contribution in [3.63, 3.8) is 0 Å². The number of nitrogens with zero attached hydrogens (tertiary/aromatic N) is 1. The van der Waals surface area contributed by atoms with Crippen LogP contribution in [0, 0.1) is 0 Å². The molecule has 1 N–H and O–H groups in total. The van der Waals surface area contributed by atoms with E-state index in [0.717, 1.165) is 5.75 Å². The predicted octanol–water partition coefficient (Wildman–Crippen LogP) is 3.65. The SMILES string of the molecule is CC(C)n1c(=O)c(=O)[nH]c2ccc(O[Si](C)(C)C(C)(C)C)cc21. The van der Waals surface area contributed by atoms with E-state index in [2.05, 4.69) is 38.8 Å². The zero-order chi connectivity index (χ0) is 17.6. The van der Waals surface area contributed by atoms with Crippen LogP contribution >= 0.6 is 0 Å². The van der Waals surface area contributed by atoms with Crippen molar-refractivity contribution < 1.29 is 4.43 Å². The van der Waals surface area contributed by atoms with Crippen LogP contribution in [0.5, 0.6) is 5.75 Å². The Bertz CT molecular complexity index is 842. The van der Waals surface area contributed by atoms with Gasteiger partial charge in [-0.2, -0.15) is 0 Å². The molecule has 0 amide bonds. The second-order valence-electron chi connectivity index (χ2n) is 7.76. The Kier molecular flexibility index (Phi) is 4.32. The van der Waals surface area contributed by atoms with E-state index in [-0.39, 0.29) is 11.1 Å². The molecule has 0 aliphatic heterocycles. The molecule has 1 aromatic carbocycles. The molecule has 0 unspecified atom stereocenters. The second-order valence-corrected chi connectivity index (χ2v) is 12.5. The highest BCUT2D eigenvalue weighted by Crippen LogP contribution is 2.37. The van der Waals surface area contributed by atoms with E-state index in [4.69, 9.17) is 4.43 Å². The van der Waals surface area contributed by atoms with Crippen molar-refractivity contribution in [3.05, 3.63) is 38.9 Å². The number of aromatic nitrogens is 2. The van der Waals surface area contributed by atoms with Crippen molar-refractivity contribution in [2.45, 2.75) is 58.8 Å². The minimum absolute atomic E-state index is 0.0880. The van der Waals surface area contributed by atoms with Crippen molar-refractivity contribution >= 4 is 19.4 Å². The minimum atomic E-state index is -1.96. The zero-order valence-corrected chi connectivity index (χ0v) is 16.0. The number of hydrogen-bond acceptors (Lipinski definition) is 3. The van der Waals surface area contributed by atoms with Gasteiger partial charge in [-0.15, -0.1) is 0 Å². The molecule has 6 heteroatoms. The van der Waals surface area contributed by atoms with Crippen molar-refractivity contribution in [3.8, 4) is 5.75 Å². The maximum Gasteiger partial charge on any atom is 0.316 e. The second kappa shape index (κ2) is 5.67. The molecule has 0 saturated carbocycles. The Labute approximate surface area is 137 Å². The normalized spacial score (nSPS) is 12.9. The molecule has 5 nitrogen and oxygen atoms in total. The van der Waals surface area contributed by atoms with Gasteiger partial charge < -0.3 is 9.41 Å². The van der Waals surface area contributed by atoms with Crippen LogP contribution < -0.4 is 15.5 Å². The molecule has 23 heavy (non-hydrogen) atoms. The van der Waals surface area contributed by atoms with E-state index in [1.807, 2.05) is 26.0 Å². The van der Waals surface area contributed by atoms with Crippen LogP contribution in [-0.4, -0.2) is 17.9 Å². The van der Waals surface area contributed by atoms with Gasteiger partial charge in [-0.1, -0.05) is 20.8 Å². The average molecular weight is 334 g/mol. The lowest BCUT2D eigenvalue weighted by atomic mass is 10.2. The van der Waals surface area contributed by atoms with E-state index in [1.165, 1.54) is 4.57 Å². The maximum absolute atomic E-state index is 12.2. The van der Waals surface area contributed by atoms with E-state index in [1.54, 1.807) is 6.07 Å². The summed E-state index contributed by atoms with van der Waals surface area (Å²) in [6.45, 7) is 14.7. The number of aromatic amines is 1.